The molecule has 0 saturated heterocycles. The first-order valence-corrected chi connectivity index (χ1v) is 9.34. The summed E-state index contributed by atoms with van der Waals surface area (Å²) in [5.41, 5.74) is 4.86. The van der Waals surface area contributed by atoms with Crippen molar-refractivity contribution in [2.24, 2.45) is 17.3 Å². The third kappa shape index (κ3) is 2.28. The van der Waals surface area contributed by atoms with E-state index >= 15 is 0 Å². The maximum atomic E-state index is 9.75. The van der Waals surface area contributed by atoms with E-state index in [0.717, 1.165) is 5.92 Å². The molecule has 1 aromatic rings. The first kappa shape index (κ1) is 15.1. The Bertz CT molecular complexity index is 669. The molecular formula is C22H28O. The number of aromatic hydroxyl groups is 1. The zero-order valence-corrected chi connectivity index (χ0v) is 14.4. The van der Waals surface area contributed by atoms with Gasteiger partial charge in [0.25, 0.3) is 0 Å². The zero-order chi connectivity index (χ0) is 16.0. The molecule has 23 heavy (non-hydrogen) atoms. The van der Waals surface area contributed by atoms with Crippen LogP contribution in [-0.4, -0.2) is 5.11 Å². The lowest BCUT2D eigenvalue weighted by Crippen LogP contribution is -2.38. The van der Waals surface area contributed by atoms with Gasteiger partial charge in [-0.1, -0.05) is 50.1 Å². The maximum absolute atomic E-state index is 9.75. The Morgan fingerprint density at radius 1 is 1.30 bits per heavy atom. The van der Waals surface area contributed by atoms with E-state index in [2.05, 4.69) is 38.1 Å². The second kappa shape index (κ2) is 5.54. The second-order valence-corrected chi connectivity index (χ2v) is 7.98. The monoisotopic (exact) mass is 308 g/mol. The van der Waals surface area contributed by atoms with Gasteiger partial charge in [-0.25, -0.2) is 0 Å². The third-order valence-electron chi connectivity index (χ3n) is 6.83. The van der Waals surface area contributed by atoms with Crippen LogP contribution < -0.4 is 0 Å². The lowest BCUT2D eigenvalue weighted by Gasteiger charge is -2.47. The molecule has 1 heteroatoms. The van der Waals surface area contributed by atoms with E-state index < -0.39 is 0 Å². The summed E-state index contributed by atoms with van der Waals surface area (Å²) in [5.74, 6) is 2.51. The minimum atomic E-state index is 0.387. The van der Waals surface area contributed by atoms with Gasteiger partial charge in [0.1, 0.15) is 5.75 Å². The van der Waals surface area contributed by atoms with Gasteiger partial charge in [-0.15, -0.1) is 0 Å². The van der Waals surface area contributed by atoms with Gasteiger partial charge in [-0.05, 0) is 78.5 Å². The van der Waals surface area contributed by atoms with Gasteiger partial charge >= 0.3 is 0 Å². The van der Waals surface area contributed by atoms with Crippen molar-refractivity contribution in [3.05, 3.63) is 47.1 Å². The lowest BCUT2D eigenvalue weighted by molar-refractivity contribution is 0.121. The quantitative estimate of drug-likeness (QED) is 0.659. The van der Waals surface area contributed by atoms with E-state index in [1.54, 1.807) is 5.57 Å². The van der Waals surface area contributed by atoms with E-state index in [-0.39, 0.29) is 0 Å². The van der Waals surface area contributed by atoms with Gasteiger partial charge in [0.15, 0.2) is 0 Å². The lowest BCUT2D eigenvalue weighted by atomic mass is 9.56. The standard InChI is InChI=1S/C22H28O/c1-3-4-5-16-7-11-21-20-9-6-15-14-17(23)8-10-18(15)19(20)12-13-22(16,21)2/h5-6,8-10,14,19-21,23H,3-4,7,11-13H2,1-2H3/b16-5-. The van der Waals surface area contributed by atoms with Crippen LogP contribution in [0.15, 0.2) is 35.9 Å². The minimum Gasteiger partial charge on any atom is -0.508 e. The average molecular weight is 308 g/mol. The van der Waals surface area contributed by atoms with E-state index in [9.17, 15) is 5.11 Å². The van der Waals surface area contributed by atoms with Crippen molar-refractivity contribution in [1.29, 1.82) is 0 Å². The highest BCUT2D eigenvalue weighted by molar-refractivity contribution is 5.61. The number of rotatable bonds is 2. The number of unbranched alkanes of at least 4 members (excludes halogenated alkanes) is 1. The number of phenols is 1. The first-order chi connectivity index (χ1) is 11.1. The molecule has 0 amide bonds. The van der Waals surface area contributed by atoms with Crippen LogP contribution in [0.4, 0.5) is 0 Å². The molecule has 0 spiro atoms. The Balaban J connectivity index is 1.67. The summed E-state index contributed by atoms with van der Waals surface area (Å²) >= 11 is 0. The average Bonchev–Trinajstić information content (AvgIpc) is 2.89. The normalized spacial score (nSPS) is 36.6. The fourth-order valence-corrected chi connectivity index (χ4v) is 5.59. The van der Waals surface area contributed by atoms with Gasteiger partial charge in [0.2, 0.25) is 0 Å². The van der Waals surface area contributed by atoms with Crippen LogP contribution in [0, 0.1) is 17.3 Å². The molecule has 0 radical (unpaired) electrons. The molecule has 4 unspecified atom stereocenters. The molecule has 0 aliphatic heterocycles. The maximum Gasteiger partial charge on any atom is 0.116 e. The molecule has 0 bridgehead atoms. The molecule has 1 N–H and O–H groups in total. The molecule has 3 aliphatic rings. The van der Waals surface area contributed by atoms with Crippen molar-refractivity contribution in [3.8, 4) is 5.75 Å². The molecule has 0 heterocycles. The number of allylic oxidation sites excluding steroid dienone is 3. The van der Waals surface area contributed by atoms with Gasteiger partial charge < -0.3 is 5.11 Å². The Hall–Kier alpha value is -1.50. The summed E-state index contributed by atoms with van der Waals surface area (Å²) in [7, 11) is 0. The third-order valence-corrected chi connectivity index (χ3v) is 6.83. The van der Waals surface area contributed by atoms with Crippen molar-refractivity contribution in [2.75, 3.05) is 0 Å². The van der Waals surface area contributed by atoms with E-state index in [4.69, 9.17) is 0 Å². The molecule has 2 saturated carbocycles. The van der Waals surface area contributed by atoms with Crippen LogP contribution in [0.1, 0.15) is 69.4 Å². The van der Waals surface area contributed by atoms with E-state index in [1.807, 2.05) is 12.1 Å². The van der Waals surface area contributed by atoms with Crippen molar-refractivity contribution in [2.45, 2.75) is 58.3 Å². The molecule has 4 rings (SSSR count). The molecule has 122 valence electrons. The molecular weight excluding hydrogens is 280 g/mol. The van der Waals surface area contributed by atoms with Crippen LogP contribution in [0.25, 0.3) is 6.08 Å². The second-order valence-electron chi connectivity index (χ2n) is 7.98. The van der Waals surface area contributed by atoms with Crippen LogP contribution in [-0.2, 0) is 0 Å². The topological polar surface area (TPSA) is 20.2 Å². The van der Waals surface area contributed by atoms with Crippen molar-refractivity contribution in [3.63, 3.8) is 0 Å². The van der Waals surface area contributed by atoms with Crippen molar-refractivity contribution >= 4 is 6.08 Å². The van der Waals surface area contributed by atoms with Crippen LogP contribution in [0.5, 0.6) is 5.75 Å². The van der Waals surface area contributed by atoms with Crippen LogP contribution >= 0.6 is 0 Å². The molecule has 1 aromatic carbocycles. The summed E-state index contributed by atoms with van der Waals surface area (Å²) in [6, 6.07) is 5.96. The summed E-state index contributed by atoms with van der Waals surface area (Å²) < 4.78 is 0. The van der Waals surface area contributed by atoms with E-state index in [1.165, 1.54) is 49.7 Å². The van der Waals surface area contributed by atoms with Crippen molar-refractivity contribution < 1.29 is 5.11 Å². The molecule has 4 atom stereocenters. The Kier molecular flexibility index (Phi) is 3.63. The Morgan fingerprint density at radius 3 is 3.00 bits per heavy atom. The Morgan fingerprint density at radius 2 is 2.17 bits per heavy atom. The number of phenolic OH excluding ortho intramolecular Hbond substituents is 1. The van der Waals surface area contributed by atoms with Gasteiger partial charge in [-0.3, -0.25) is 0 Å². The van der Waals surface area contributed by atoms with Crippen molar-refractivity contribution in [1.82, 2.24) is 0 Å². The highest BCUT2D eigenvalue weighted by Crippen LogP contribution is 2.62. The smallest absolute Gasteiger partial charge is 0.116 e. The predicted molar refractivity (Wildman–Crippen MR) is 96.4 cm³/mol. The number of hydrogen-bond donors (Lipinski definition) is 1. The molecule has 3 aliphatic carbocycles. The van der Waals surface area contributed by atoms with Crippen LogP contribution in [0.3, 0.4) is 0 Å². The minimum absolute atomic E-state index is 0.387. The number of fused-ring (bicyclic) bond motifs is 5. The van der Waals surface area contributed by atoms with Gasteiger partial charge in [0, 0.05) is 0 Å². The van der Waals surface area contributed by atoms with Gasteiger partial charge in [0.05, 0.1) is 0 Å². The fourth-order valence-electron chi connectivity index (χ4n) is 5.59. The van der Waals surface area contributed by atoms with Crippen LogP contribution in [0.2, 0.25) is 0 Å². The SMILES string of the molecule is CCC/C=C1/CCC2C3C=Cc4cc(O)ccc4C3CCC12C. The Labute approximate surface area is 140 Å². The summed E-state index contributed by atoms with van der Waals surface area (Å²) in [6.45, 7) is 4.81. The first-order valence-electron chi connectivity index (χ1n) is 9.34. The number of benzene rings is 1. The summed E-state index contributed by atoms with van der Waals surface area (Å²) in [6.07, 6.45) is 15.0. The zero-order valence-electron chi connectivity index (χ0n) is 14.4. The highest BCUT2D eigenvalue weighted by atomic mass is 16.3. The molecule has 2 fully saturated rings. The number of hydrogen-bond acceptors (Lipinski definition) is 1. The van der Waals surface area contributed by atoms with E-state index in [0.29, 0.717) is 23.0 Å². The summed E-state index contributed by atoms with van der Waals surface area (Å²) in [5, 5.41) is 9.75. The molecule has 1 nitrogen and oxygen atoms in total. The summed E-state index contributed by atoms with van der Waals surface area (Å²) in [4.78, 5) is 0. The molecule has 0 aromatic heterocycles. The fraction of sp³-hybridized carbons (Fsp3) is 0.545. The largest absolute Gasteiger partial charge is 0.508 e. The highest BCUT2D eigenvalue weighted by Gasteiger charge is 2.51. The van der Waals surface area contributed by atoms with Gasteiger partial charge in [-0.2, -0.15) is 0 Å². The predicted octanol–water partition coefficient (Wildman–Crippen LogP) is 6.06.